The third kappa shape index (κ3) is 2.40. The molecule has 0 saturated heterocycles. The normalized spacial score (nSPS) is 10.5. The number of nitrogens with zero attached hydrogens (tertiary/aromatic N) is 1. The van der Waals surface area contributed by atoms with Crippen molar-refractivity contribution in [3.05, 3.63) is 56.9 Å². The first-order valence-corrected chi connectivity index (χ1v) is 7.18. The molecule has 0 aliphatic carbocycles. The Morgan fingerprint density at radius 3 is 2.74 bits per heavy atom. The smallest absolute Gasteiger partial charge is 0.257 e. The third-order valence-corrected chi connectivity index (χ3v) is 4.31. The van der Waals surface area contributed by atoms with Crippen LogP contribution in [0.25, 0.3) is 10.2 Å². The van der Waals surface area contributed by atoms with E-state index in [9.17, 15) is 9.59 Å². The van der Waals surface area contributed by atoms with Crippen molar-refractivity contribution >= 4 is 43.9 Å². The van der Waals surface area contributed by atoms with Gasteiger partial charge in [0.15, 0.2) is 5.13 Å². The first-order chi connectivity index (χ1) is 9.24. The Balaban J connectivity index is 1.93. The first-order valence-electron chi connectivity index (χ1n) is 5.49. The van der Waals surface area contributed by atoms with E-state index in [0.717, 1.165) is 11.3 Å². The minimum absolute atomic E-state index is 0.0802. The first kappa shape index (κ1) is 12.0. The number of aromatic nitrogens is 1. The summed E-state index contributed by atoms with van der Waals surface area (Å²) in [7, 11) is 0. The fourth-order valence-corrected chi connectivity index (χ4v) is 3.22. The lowest BCUT2D eigenvalue weighted by Crippen LogP contribution is -2.13. The van der Waals surface area contributed by atoms with E-state index < -0.39 is 0 Å². The van der Waals surface area contributed by atoms with E-state index >= 15 is 0 Å². The van der Waals surface area contributed by atoms with Gasteiger partial charge in [-0.25, -0.2) is 4.98 Å². The number of carbonyl (C=O) groups is 1. The Labute approximate surface area is 116 Å². The molecule has 2 aromatic heterocycles. The van der Waals surface area contributed by atoms with Gasteiger partial charge in [0.25, 0.3) is 10.6 Å². The highest BCUT2D eigenvalue weighted by Gasteiger charge is 2.10. The largest absolute Gasteiger partial charge is 0.298 e. The van der Waals surface area contributed by atoms with Crippen molar-refractivity contribution in [1.82, 2.24) is 4.98 Å². The monoisotopic (exact) mass is 288 g/mol. The number of benzene rings is 1. The summed E-state index contributed by atoms with van der Waals surface area (Å²) in [5.74, 6) is -0.265. The molecule has 19 heavy (non-hydrogen) atoms. The molecule has 1 amide bonds. The molecule has 1 aromatic carbocycles. The lowest BCUT2D eigenvalue weighted by molar-refractivity contribution is 0.102. The molecule has 0 fully saturated rings. The number of amides is 1. The Kier molecular flexibility index (Phi) is 3.10. The molecule has 0 spiro atoms. The minimum Gasteiger partial charge on any atom is -0.298 e. The van der Waals surface area contributed by atoms with Crippen molar-refractivity contribution < 1.29 is 4.79 Å². The van der Waals surface area contributed by atoms with Crippen molar-refractivity contribution in [1.29, 1.82) is 0 Å². The van der Waals surface area contributed by atoms with Crippen LogP contribution < -0.4 is 10.1 Å². The highest BCUT2D eigenvalue weighted by Crippen LogP contribution is 2.19. The van der Waals surface area contributed by atoms with Gasteiger partial charge in [0.05, 0.1) is 5.52 Å². The molecule has 3 aromatic rings. The van der Waals surface area contributed by atoms with Gasteiger partial charge < -0.3 is 0 Å². The number of rotatable bonds is 2. The zero-order valence-corrected chi connectivity index (χ0v) is 11.3. The summed E-state index contributed by atoms with van der Waals surface area (Å²) in [6.45, 7) is 0. The maximum Gasteiger partial charge on any atom is 0.257 e. The Morgan fingerprint density at radius 2 is 1.95 bits per heavy atom. The molecular formula is C13H8N2O2S2. The van der Waals surface area contributed by atoms with Crippen molar-refractivity contribution in [2.24, 2.45) is 0 Å². The Bertz CT molecular complexity index is 793. The topological polar surface area (TPSA) is 59.1 Å². The fourth-order valence-electron chi connectivity index (χ4n) is 1.62. The fraction of sp³-hybridized carbons (Fsp3) is 0. The Morgan fingerprint density at radius 1 is 1.16 bits per heavy atom. The summed E-state index contributed by atoms with van der Waals surface area (Å²) < 4.78 is 0.547. The van der Waals surface area contributed by atoms with Crippen LogP contribution >= 0.6 is 22.7 Å². The van der Waals surface area contributed by atoms with Crippen LogP contribution in [-0.4, -0.2) is 10.9 Å². The van der Waals surface area contributed by atoms with Gasteiger partial charge in [0, 0.05) is 5.56 Å². The molecule has 3 rings (SSSR count). The molecule has 0 atom stereocenters. The van der Waals surface area contributed by atoms with E-state index in [4.69, 9.17) is 0 Å². The number of nitrogens with one attached hydrogen (secondary N) is 1. The summed E-state index contributed by atoms with van der Waals surface area (Å²) >= 11 is 2.31. The van der Waals surface area contributed by atoms with Gasteiger partial charge in [0.1, 0.15) is 4.70 Å². The predicted molar refractivity (Wildman–Crippen MR) is 78.2 cm³/mol. The molecule has 6 heteroatoms. The molecule has 2 heterocycles. The van der Waals surface area contributed by atoms with Gasteiger partial charge in [-0.15, -0.1) is 11.3 Å². The van der Waals surface area contributed by atoms with Gasteiger partial charge in [-0.1, -0.05) is 29.5 Å². The lowest BCUT2D eigenvalue weighted by Gasteiger charge is -2.02. The maximum atomic E-state index is 12.0. The second-order valence-corrected chi connectivity index (χ2v) is 5.64. The highest BCUT2D eigenvalue weighted by molar-refractivity contribution is 7.21. The van der Waals surface area contributed by atoms with Crippen molar-refractivity contribution in [3.63, 3.8) is 0 Å². The van der Waals surface area contributed by atoms with Crippen molar-refractivity contribution in [2.75, 3.05) is 5.32 Å². The van der Waals surface area contributed by atoms with Gasteiger partial charge in [-0.2, -0.15) is 0 Å². The van der Waals surface area contributed by atoms with Crippen LogP contribution in [0.1, 0.15) is 10.4 Å². The van der Waals surface area contributed by atoms with E-state index in [1.807, 2.05) is 11.4 Å². The predicted octanol–water partition coefficient (Wildman–Crippen LogP) is 2.97. The average molecular weight is 288 g/mol. The van der Waals surface area contributed by atoms with Crippen molar-refractivity contribution in [2.45, 2.75) is 0 Å². The maximum absolute atomic E-state index is 12.0. The number of hydrogen-bond donors (Lipinski definition) is 1. The van der Waals surface area contributed by atoms with Gasteiger partial charge >= 0.3 is 0 Å². The number of fused-ring (bicyclic) bond motifs is 1. The number of anilines is 1. The van der Waals surface area contributed by atoms with Crippen LogP contribution in [0.15, 0.2) is 46.6 Å². The summed E-state index contributed by atoms with van der Waals surface area (Å²) in [4.78, 5) is 28.0. The van der Waals surface area contributed by atoms with E-state index in [-0.39, 0.29) is 10.6 Å². The second-order valence-electron chi connectivity index (χ2n) is 3.76. The summed E-state index contributed by atoms with van der Waals surface area (Å²) in [5.41, 5.74) is 1.16. The minimum atomic E-state index is -0.265. The van der Waals surface area contributed by atoms with Crippen LogP contribution in [-0.2, 0) is 0 Å². The van der Waals surface area contributed by atoms with Crippen LogP contribution in [0.2, 0.25) is 0 Å². The zero-order chi connectivity index (χ0) is 13.2. The van der Waals surface area contributed by atoms with Gasteiger partial charge in [-0.05, 0) is 23.6 Å². The molecule has 94 valence electrons. The quantitative estimate of drug-likeness (QED) is 0.788. The lowest BCUT2D eigenvalue weighted by atomic mass is 10.2. The van der Waals surface area contributed by atoms with Crippen LogP contribution in [0.4, 0.5) is 5.13 Å². The van der Waals surface area contributed by atoms with Crippen LogP contribution in [0, 0.1) is 0 Å². The molecule has 0 radical (unpaired) electrons. The van der Waals surface area contributed by atoms with Gasteiger partial charge in [0.2, 0.25) is 0 Å². The zero-order valence-electron chi connectivity index (χ0n) is 9.62. The summed E-state index contributed by atoms with van der Waals surface area (Å²) in [5, 5.41) is 4.79. The number of thiophene rings is 1. The second kappa shape index (κ2) is 4.91. The molecule has 4 nitrogen and oxygen atoms in total. The van der Waals surface area contributed by atoms with Crippen LogP contribution in [0.5, 0.6) is 0 Å². The molecule has 0 aliphatic heterocycles. The molecule has 1 N–H and O–H groups in total. The summed E-state index contributed by atoms with van der Waals surface area (Å²) in [6, 6.07) is 10.6. The van der Waals surface area contributed by atoms with Crippen LogP contribution in [0.3, 0.4) is 0 Å². The van der Waals surface area contributed by atoms with E-state index in [1.165, 1.54) is 11.3 Å². The molecule has 0 unspecified atom stereocenters. The molecular weight excluding hydrogens is 280 g/mol. The number of hydrogen-bond acceptors (Lipinski definition) is 5. The molecule has 0 saturated carbocycles. The van der Waals surface area contributed by atoms with Crippen molar-refractivity contribution in [3.8, 4) is 0 Å². The molecule has 0 bridgehead atoms. The standard InChI is InChI=1S/C13H8N2O2S2/c16-11(8-4-2-1-3-5-8)15-13-14-9-6-7-18-10(9)12(17)19-13/h1-7H,(H,14,15,16). The third-order valence-electron chi connectivity index (χ3n) is 2.50. The SMILES string of the molecule is O=C(Nc1nc2ccsc2c(=O)s1)c1ccccc1. The van der Waals surface area contributed by atoms with E-state index in [0.29, 0.717) is 20.9 Å². The van der Waals surface area contributed by atoms with E-state index in [1.54, 1.807) is 30.3 Å². The Hall–Kier alpha value is -2.05. The van der Waals surface area contributed by atoms with E-state index in [2.05, 4.69) is 10.3 Å². The summed E-state index contributed by atoms with van der Waals surface area (Å²) in [6.07, 6.45) is 0. The highest BCUT2D eigenvalue weighted by atomic mass is 32.1. The average Bonchev–Trinajstić information content (AvgIpc) is 2.88. The van der Waals surface area contributed by atoms with Gasteiger partial charge in [-0.3, -0.25) is 14.9 Å². The molecule has 0 aliphatic rings. The number of carbonyl (C=O) groups excluding carboxylic acids is 1.